The van der Waals surface area contributed by atoms with Crippen LogP contribution < -0.4 is 5.32 Å². The third-order valence-electron chi connectivity index (χ3n) is 1.05. The Balaban J connectivity index is 4.00. The molecule has 0 aromatic carbocycles. The van der Waals surface area contributed by atoms with Crippen LogP contribution in [0.25, 0.3) is 0 Å². The van der Waals surface area contributed by atoms with E-state index in [4.69, 9.17) is 5.11 Å². The van der Waals surface area contributed by atoms with Crippen LogP contribution in [0.5, 0.6) is 0 Å². The topological polar surface area (TPSA) is 75.6 Å². The van der Waals surface area contributed by atoms with Gasteiger partial charge >= 0.3 is 11.9 Å². The van der Waals surface area contributed by atoms with E-state index in [2.05, 4.69) is 10.1 Å². The molecule has 0 aliphatic heterocycles. The summed E-state index contributed by atoms with van der Waals surface area (Å²) in [7, 11) is 1.55. The van der Waals surface area contributed by atoms with Gasteiger partial charge in [0.15, 0.2) is 0 Å². The van der Waals surface area contributed by atoms with Crippen molar-refractivity contribution in [1.82, 2.24) is 5.32 Å². The van der Waals surface area contributed by atoms with Gasteiger partial charge in [0.25, 0.3) is 0 Å². The summed E-state index contributed by atoms with van der Waals surface area (Å²) in [6.45, 7) is 1.21. The van der Waals surface area contributed by atoms with Crippen LogP contribution in [-0.2, 0) is 14.3 Å². The second-order valence-corrected chi connectivity index (χ2v) is 2.04. The second-order valence-electron chi connectivity index (χ2n) is 2.04. The van der Waals surface area contributed by atoms with Gasteiger partial charge in [0.2, 0.25) is 0 Å². The van der Waals surface area contributed by atoms with E-state index < -0.39 is 11.9 Å². The minimum absolute atomic E-state index is 0.0435. The van der Waals surface area contributed by atoms with Gasteiger partial charge < -0.3 is 15.2 Å². The standard InChI is InChI=1S/C7H11NO4/c1-5(9)12-4-6(8-2)3-7(10)11/h3,8H,4H2,1-2H3,(H,10,11)/b6-3-. The number of hydrogen-bond donors (Lipinski definition) is 2. The maximum absolute atomic E-state index is 10.3. The fourth-order valence-corrected chi connectivity index (χ4v) is 0.514. The van der Waals surface area contributed by atoms with Crippen molar-refractivity contribution in [3.63, 3.8) is 0 Å². The van der Waals surface area contributed by atoms with E-state index in [0.29, 0.717) is 5.70 Å². The molecule has 0 unspecified atom stereocenters. The summed E-state index contributed by atoms with van der Waals surface area (Å²) in [6, 6.07) is 0. The summed E-state index contributed by atoms with van der Waals surface area (Å²) >= 11 is 0. The van der Waals surface area contributed by atoms with Crippen LogP contribution in [0.3, 0.4) is 0 Å². The Morgan fingerprint density at radius 2 is 2.17 bits per heavy atom. The van der Waals surface area contributed by atoms with Gasteiger partial charge in [-0.15, -0.1) is 0 Å². The van der Waals surface area contributed by atoms with E-state index in [1.165, 1.54) is 6.92 Å². The number of carboxylic acid groups (broad SMARTS) is 1. The van der Waals surface area contributed by atoms with Crippen molar-refractivity contribution in [2.24, 2.45) is 0 Å². The molecule has 12 heavy (non-hydrogen) atoms. The zero-order valence-corrected chi connectivity index (χ0v) is 6.96. The van der Waals surface area contributed by atoms with Crippen molar-refractivity contribution in [3.05, 3.63) is 11.8 Å². The average Bonchev–Trinajstić information content (AvgIpc) is 1.97. The van der Waals surface area contributed by atoms with Crippen molar-refractivity contribution in [2.75, 3.05) is 13.7 Å². The number of rotatable bonds is 4. The first-order valence-corrected chi connectivity index (χ1v) is 3.31. The highest BCUT2D eigenvalue weighted by molar-refractivity contribution is 5.80. The van der Waals surface area contributed by atoms with Crippen molar-refractivity contribution in [2.45, 2.75) is 6.92 Å². The molecule has 0 saturated heterocycles. The van der Waals surface area contributed by atoms with E-state index in [0.717, 1.165) is 6.08 Å². The third kappa shape index (κ3) is 5.28. The number of ether oxygens (including phenoxy) is 1. The Kier molecular flexibility index (Phi) is 4.52. The molecule has 0 aliphatic carbocycles. The van der Waals surface area contributed by atoms with Gasteiger partial charge in [0.05, 0.1) is 5.70 Å². The molecule has 5 nitrogen and oxygen atoms in total. The van der Waals surface area contributed by atoms with Gasteiger partial charge in [-0.05, 0) is 0 Å². The summed E-state index contributed by atoms with van der Waals surface area (Å²) < 4.78 is 4.56. The Labute approximate surface area is 70.0 Å². The summed E-state index contributed by atoms with van der Waals surface area (Å²) in [6.07, 6.45) is 0.947. The molecule has 0 aromatic heterocycles. The van der Waals surface area contributed by atoms with E-state index >= 15 is 0 Å². The summed E-state index contributed by atoms with van der Waals surface area (Å²) in [5.74, 6) is -1.52. The molecular formula is C7H11NO4. The van der Waals surface area contributed by atoms with Crippen LogP contribution in [0.1, 0.15) is 6.92 Å². The molecule has 0 radical (unpaired) electrons. The first-order chi connectivity index (χ1) is 5.56. The Morgan fingerprint density at radius 1 is 1.58 bits per heavy atom. The highest BCUT2D eigenvalue weighted by atomic mass is 16.5. The molecule has 0 amide bonds. The van der Waals surface area contributed by atoms with E-state index in [1.54, 1.807) is 7.05 Å². The number of carbonyl (C=O) groups is 2. The lowest BCUT2D eigenvalue weighted by Gasteiger charge is -2.04. The minimum atomic E-state index is -1.08. The number of nitrogens with one attached hydrogen (secondary N) is 1. The maximum Gasteiger partial charge on any atom is 0.330 e. The molecule has 0 fully saturated rings. The maximum atomic E-state index is 10.3. The quantitative estimate of drug-likeness (QED) is 0.452. The molecule has 0 saturated carbocycles. The molecule has 5 heteroatoms. The van der Waals surface area contributed by atoms with Crippen LogP contribution in [0.15, 0.2) is 11.8 Å². The zero-order chi connectivity index (χ0) is 9.56. The van der Waals surface area contributed by atoms with Gasteiger partial charge in [-0.25, -0.2) is 4.79 Å². The smallest absolute Gasteiger partial charge is 0.330 e. The van der Waals surface area contributed by atoms with Crippen molar-refractivity contribution < 1.29 is 19.4 Å². The SMILES string of the molecule is CN/C(=C\C(=O)O)COC(C)=O. The monoisotopic (exact) mass is 173 g/mol. The van der Waals surface area contributed by atoms with Gasteiger partial charge in [-0.2, -0.15) is 0 Å². The molecule has 0 heterocycles. The van der Waals surface area contributed by atoms with Gasteiger partial charge in [0.1, 0.15) is 6.61 Å². The normalized spacial score (nSPS) is 10.7. The zero-order valence-electron chi connectivity index (χ0n) is 6.96. The molecule has 0 bridgehead atoms. The van der Waals surface area contributed by atoms with Crippen LogP contribution >= 0.6 is 0 Å². The average molecular weight is 173 g/mol. The van der Waals surface area contributed by atoms with E-state index in [1.807, 2.05) is 0 Å². The fourth-order valence-electron chi connectivity index (χ4n) is 0.514. The lowest BCUT2D eigenvalue weighted by atomic mass is 10.4. The molecule has 0 aromatic rings. The summed E-state index contributed by atoms with van der Waals surface area (Å²) in [5, 5.41) is 10.9. The first-order valence-electron chi connectivity index (χ1n) is 3.31. The van der Waals surface area contributed by atoms with Crippen molar-refractivity contribution >= 4 is 11.9 Å². The molecule has 2 N–H and O–H groups in total. The highest BCUT2D eigenvalue weighted by Gasteiger charge is 1.99. The largest absolute Gasteiger partial charge is 0.478 e. The summed E-state index contributed by atoms with van der Waals surface area (Å²) in [4.78, 5) is 20.5. The van der Waals surface area contributed by atoms with Crippen LogP contribution in [0, 0.1) is 0 Å². The van der Waals surface area contributed by atoms with Gasteiger partial charge in [-0.1, -0.05) is 0 Å². The van der Waals surface area contributed by atoms with Crippen LogP contribution in [-0.4, -0.2) is 30.7 Å². The first kappa shape index (κ1) is 10.5. The number of esters is 1. The Bertz CT molecular complexity index is 209. The molecule has 0 aliphatic rings. The summed E-state index contributed by atoms with van der Waals surface area (Å²) in [5.41, 5.74) is 0.345. The number of aliphatic carboxylic acids is 1. The van der Waals surface area contributed by atoms with E-state index in [9.17, 15) is 9.59 Å². The molecule has 68 valence electrons. The second kappa shape index (κ2) is 5.17. The van der Waals surface area contributed by atoms with Crippen molar-refractivity contribution in [3.8, 4) is 0 Å². The van der Waals surface area contributed by atoms with Gasteiger partial charge in [0, 0.05) is 20.0 Å². The molecule has 0 rings (SSSR count). The number of carbonyl (C=O) groups excluding carboxylic acids is 1. The fraction of sp³-hybridized carbons (Fsp3) is 0.429. The van der Waals surface area contributed by atoms with Crippen molar-refractivity contribution in [1.29, 1.82) is 0 Å². The number of carboxylic acids is 1. The third-order valence-corrected chi connectivity index (χ3v) is 1.05. The predicted octanol–water partition coefficient (Wildman–Crippen LogP) is -0.263. The molecular weight excluding hydrogens is 162 g/mol. The lowest BCUT2D eigenvalue weighted by Crippen LogP contribution is -2.15. The Hall–Kier alpha value is -1.52. The number of hydrogen-bond acceptors (Lipinski definition) is 4. The van der Waals surface area contributed by atoms with Crippen LogP contribution in [0.2, 0.25) is 0 Å². The predicted molar refractivity (Wildman–Crippen MR) is 41.4 cm³/mol. The van der Waals surface area contributed by atoms with Gasteiger partial charge in [-0.3, -0.25) is 4.79 Å². The molecule has 0 atom stereocenters. The Morgan fingerprint density at radius 3 is 2.50 bits per heavy atom. The number of likely N-dealkylation sites (N-methyl/N-ethyl adjacent to an activating group) is 1. The minimum Gasteiger partial charge on any atom is -0.478 e. The molecule has 0 spiro atoms. The lowest BCUT2D eigenvalue weighted by molar-refractivity contribution is -0.140. The van der Waals surface area contributed by atoms with Crippen LogP contribution in [0.4, 0.5) is 0 Å². The van der Waals surface area contributed by atoms with E-state index in [-0.39, 0.29) is 6.61 Å². The highest BCUT2D eigenvalue weighted by Crippen LogP contribution is 1.90.